The van der Waals surface area contributed by atoms with Crippen molar-refractivity contribution in [3.05, 3.63) is 52.5 Å². The molecule has 0 aliphatic carbocycles. The molecule has 0 spiro atoms. The molecule has 7 nitrogen and oxygen atoms in total. The van der Waals surface area contributed by atoms with E-state index in [1.165, 1.54) is 11.3 Å². The van der Waals surface area contributed by atoms with E-state index in [4.69, 9.17) is 0 Å². The van der Waals surface area contributed by atoms with Crippen LogP contribution in [-0.2, 0) is 4.79 Å². The molecule has 0 saturated carbocycles. The molecule has 2 amide bonds. The number of thiophene rings is 1. The van der Waals surface area contributed by atoms with Gasteiger partial charge < -0.3 is 10.6 Å². The highest BCUT2D eigenvalue weighted by atomic mass is 32.1. The monoisotopic (exact) mass is 355 g/mol. The van der Waals surface area contributed by atoms with Gasteiger partial charge in [0.2, 0.25) is 5.91 Å². The summed E-state index contributed by atoms with van der Waals surface area (Å²) < 4.78 is 0. The average molecular weight is 355 g/mol. The Labute approximate surface area is 148 Å². The van der Waals surface area contributed by atoms with Crippen molar-refractivity contribution in [3.63, 3.8) is 0 Å². The van der Waals surface area contributed by atoms with Crippen LogP contribution in [0.15, 0.2) is 41.8 Å². The van der Waals surface area contributed by atoms with Crippen molar-refractivity contribution in [3.8, 4) is 11.4 Å². The van der Waals surface area contributed by atoms with Crippen LogP contribution in [0.3, 0.4) is 0 Å². The van der Waals surface area contributed by atoms with E-state index in [9.17, 15) is 9.59 Å². The Morgan fingerprint density at radius 3 is 2.64 bits per heavy atom. The first kappa shape index (κ1) is 16.8. The number of carbonyl (C=O) groups is 2. The van der Waals surface area contributed by atoms with Crippen LogP contribution in [0.2, 0.25) is 0 Å². The molecule has 0 fully saturated rings. The lowest BCUT2D eigenvalue weighted by molar-refractivity contribution is -0.116. The number of nitrogens with one attached hydrogen (secondary N) is 3. The van der Waals surface area contributed by atoms with Crippen LogP contribution < -0.4 is 10.6 Å². The molecule has 2 aromatic heterocycles. The first-order chi connectivity index (χ1) is 12.1. The van der Waals surface area contributed by atoms with Crippen molar-refractivity contribution < 1.29 is 9.59 Å². The normalized spacial score (nSPS) is 10.4. The van der Waals surface area contributed by atoms with Gasteiger partial charge in [-0.1, -0.05) is 6.07 Å². The molecule has 3 N–H and O–H groups in total. The van der Waals surface area contributed by atoms with E-state index < -0.39 is 0 Å². The maximum Gasteiger partial charge on any atom is 0.261 e. The second-order valence-corrected chi connectivity index (χ2v) is 6.30. The standard InChI is InChI=1S/C17H17N5O2S/c1-11-19-16(22-21-11)12-4-6-13(7-5-12)20-15(23)8-9-18-17(24)14-3-2-10-25-14/h2-7,10H,8-9H2,1H3,(H,18,24)(H,20,23)(H,19,21,22). The third kappa shape index (κ3) is 4.51. The molecule has 3 aromatic rings. The van der Waals surface area contributed by atoms with Gasteiger partial charge in [-0.05, 0) is 42.6 Å². The Morgan fingerprint density at radius 1 is 1.20 bits per heavy atom. The Kier molecular flexibility index (Phi) is 5.20. The molecule has 2 heterocycles. The van der Waals surface area contributed by atoms with E-state index in [2.05, 4.69) is 25.8 Å². The quantitative estimate of drug-likeness (QED) is 0.633. The first-order valence-electron chi connectivity index (χ1n) is 7.73. The number of rotatable bonds is 6. The summed E-state index contributed by atoms with van der Waals surface area (Å²) in [5.74, 6) is 1.05. The van der Waals surface area contributed by atoms with Crippen LogP contribution in [0.4, 0.5) is 5.69 Å². The van der Waals surface area contributed by atoms with Crippen LogP contribution in [0.5, 0.6) is 0 Å². The highest BCUT2D eigenvalue weighted by Crippen LogP contribution is 2.17. The minimum Gasteiger partial charge on any atom is -0.351 e. The fourth-order valence-electron chi connectivity index (χ4n) is 2.18. The van der Waals surface area contributed by atoms with Gasteiger partial charge in [0.25, 0.3) is 5.91 Å². The lowest BCUT2D eigenvalue weighted by Gasteiger charge is -2.06. The van der Waals surface area contributed by atoms with Gasteiger partial charge in [0, 0.05) is 24.2 Å². The fourth-order valence-corrected chi connectivity index (χ4v) is 2.82. The zero-order chi connectivity index (χ0) is 17.6. The Hall–Kier alpha value is -3.00. The number of benzene rings is 1. The van der Waals surface area contributed by atoms with Gasteiger partial charge >= 0.3 is 0 Å². The number of hydrogen-bond donors (Lipinski definition) is 3. The topological polar surface area (TPSA) is 99.8 Å². The number of aromatic nitrogens is 3. The van der Waals surface area contributed by atoms with Gasteiger partial charge in [-0.25, -0.2) is 4.98 Å². The molecule has 0 radical (unpaired) electrons. The van der Waals surface area contributed by atoms with Gasteiger partial charge in [-0.15, -0.1) is 11.3 Å². The third-order valence-electron chi connectivity index (χ3n) is 3.41. The third-order valence-corrected chi connectivity index (χ3v) is 4.28. The number of aromatic amines is 1. The van der Waals surface area contributed by atoms with E-state index in [0.717, 1.165) is 11.4 Å². The highest BCUT2D eigenvalue weighted by molar-refractivity contribution is 7.12. The summed E-state index contributed by atoms with van der Waals surface area (Å²) in [6.45, 7) is 2.12. The van der Waals surface area contributed by atoms with Crippen LogP contribution in [0, 0.1) is 6.92 Å². The zero-order valence-electron chi connectivity index (χ0n) is 13.6. The second-order valence-electron chi connectivity index (χ2n) is 5.35. The minimum absolute atomic E-state index is 0.158. The number of nitrogens with zero attached hydrogens (tertiary/aromatic N) is 2. The molecular formula is C17H17N5O2S. The molecule has 128 valence electrons. The summed E-state index contributed by atoms with van der Waals surface area (Å²) in [5.41, 5.74) is 1.55. The van der Waals surface area contributed by atoms with E-state index in [1.54, 1.807) is 18.2 Å². The number of amides is 2. The van der Waals surface area contributed by atoms with Crippen molar-refractivity contribution >= 4 is 28.8 Å². The van der Waals surface area contributed by atoms with Gasteiger partial charge in [0.15, 0.2) is 5.82 Å². The predicted octanol–water partition coefficient (Wildman–Crippen LogP) is 2.60. The maximum absolute atomic E-state index is 11.9. The van der Waals surface area contributed by atoms with E-state index in [-0.39, 0.29) is 24.8 Å². The van der Waals surface area contributed by atoms with E-state index in [0.29, 0.717) is 16.4 Å². The van der Waals surface area contributed by atoms with Gasteiger partial charge in [-0.3, -0.25) is 14.7 Å². The van der Waals surface area contributed by atoms with Gasteiger partial charge in [0.05, 0.1) is 4.88 Å². The minimum atomic E-state index is -0.159. The Balaban J connectivity index is 1.47. The number of aryl methyl sites for hydroxylation is 1. The van der Waals surface area contributed by atoms with Crippen molar-refractivity contribution in [1.82, 2.24) is 20.5 Å². The van der Waals surface area contributed by atoms with Crippen molar-refractivity contribution in [1.29, 1.82) is 0 Å². The fraction of sp³-hybridized carbons (Fsp3) is 0.176. The van der Waals surface area contributed by atoms with Gasteiger partial charge in [-0.2, -0.15) is 5.10 Å². The molecule has 3 rings (SSSR count). The number of anilines is 1. The summed E-state index contributed by atoms with van der Waals surface area (Å²) in [4.78, 5) is 28.6. The first-order valence-corrected chi connectivity index (χ1v) is 8.61. The van der Waals surface area contributed by atoms with Crippen molar-refractivity contribution in [2.24, 2.45) is 0 Å². The molecule has 0 atom stereocenters. The summed E-state index contributed by atoms with van der Waals surface area (Å²) in [6.07, 6.45) is 0.207. The average Bonchev–Trinajstić information content (AvgIpc) is 3.27. The predicted molar refractivity (Wildman–Crippen MR) is 96.5 cm³/mol. The summed E-state index contributed by atoms with van der Waals surface area (Å²) in [5, 5.41) is 14.2. The Bertz CT molecular complexity index is 856. The molecule has 0 aliphatic rings. The SMILES string of the molecule is Cc1nc(-c2ccc(NC(=O)CCNC(=O)c3cccs3)cc2)n[nH]1. The lowest BCUT2D eigenvalue weighted by Crippen LogP contribution is -2.27. The van der Waals surface area contributed by atoms with Crippen LogP contribution in [-0.4, -0.2) is 33.5 Å². The number of H-pyrrole nitrogens is 1. The van der Waals surface area contributed by atoms with Crippen LogP contribution in [0.25, 0.3) is 11.4 Å². The smallest absolute Gasteiger partial charge is 0.261 e. The molecule has 1 aromatic carbocycles. The van der Waals surface area contributed by atoms with Crippen molar-refractivity contribution in [2.45, 2.75) is 13.3 Å². The Morgan fingerprint density at radius 2 is 2.00 bits per heavy atom. The molecule has 8 heteroatoms. The molecular weight excluding hydrogens is 338 g/mol. The molecule has 0 saturated heterocycles. The lowest BCUT2D eigenvalue weighted by atomic mass is 10.2. The van der Waals surface area contributed by atoms with Crippen molar-refractivity contribution in [2.75, 3.05) is 11.9 Å². The summed E-state index contributed by atoms with van der Waals surface area (Å²) in [6, 6.07) is 10.8. The van der Waals surface area contributed by atoms with Crippen LogP contribution >= 0.6 is 11.3 Å². The van der Waals surface area contributed by atoms with Crippen LogP contribution in [0.1, 0.15) is 21.9 Å². The maximum atomic E-state index is 11.9. The molecule has 0 aliphatic heterocycles. The van der Waals surface area contributed by atoms with E-state index >= 15 is 0 Å². The molecule has 0 unspecified atom stereocenters. The summed E-state index contributed by atoms with van der Waals surface area (Å²) in [7, 11) is 0. The number of carbonyl (C=O) groups excluding carboxylic acids is 2. The zero-order valence-corrected chi connectivity index (χ0v) is 14.4. The van der Waals surface area contributed by atoms with E-state index in [1.807, 2.05) is 30.5 Å². The van der Waals surface area contributed by atoms with Gasteiger partial charge in [0.1, 0.15) is 5.82 Å². The molecule has 25 heavy (non-hydrogen) atoms. The summed E-state index contributed by atoms with van der Waals surface area (Å²) >= 11 is 1.37. The molecule has 0 bridgehead atoms. The second kappa shape index (κ2) is 7.71. The largest absolute Gasteiger partial charge is 0.351 e. The highest BCUT2D eigenvalue weighted by Gasteiger charge is 2.08. The number of hydrogen-bond acceptors (Lipinski definition) is 5.